The van der Waals surface area contributed by atoms with E-state index in [0.717, 1.165) is 5.56 Å². The zero-order valence-electron chi connectivity index (χ0n) is 21.5. The number of hydrogen-bond donors (Lipinski definition) is 0. The van der Waals surface area contributed by atoms with Gasteiger partial charge in [-0.2, -0.15) is 0 Å². The summed E-state index contributed by atoms with van der Waals surface area (Å²) in [5.41, 5.74) is 1.42. The predicted octanol–water partition coefficient (Wildman–Crippen LogP) is 4.41. The first-order chi connectivity index (χ1) is 19.0. The van der Waals surface area contributed by atoms with E-state index in [1.165, 1.54) is 6.26 Å². The summed E-state index contributed by atoms with van der Waals surface area (Å²) < 4.78 is 17.4. The third-order valence-corrected chi connectivity index (χ3v) is 6.92. The molecule has 3 heterocycles. The molecule has 4 aromatic rings. The summed E-state index contributed by atoms with van der Waals surface area (Å²) in [6.07, 6.45) is 1.46. The van der Waals surface area contributed by atoms with E-state index in [-0.39, 0.29) is 30.6 Å². The smallest absolute Gasteiger partial charge is 0.348 e. The number of nitrogens with zero attached hydrogens (tertiary/aromatic N) is 3. The van der Waals surface area contributed by atoms with E-state index >= 15 is 0 Å². The predicted molar refractivity (Wildman–Crippen MR) is 147 cm³/mol. The molecule has 1 amide bonds. The number of rotatable bonds is 8. The Bertz CT molecular complexity index is 1530. The van der Waals surface area contributed by atoms with Gasteiger partial charge in [-0.3, -0.25) is 9.59 Å². The molecule has 0 unspecified atom stereocenters. The van der Waals surface area contributed by atoms with Crippen LogP contribution in [0.15, 0.2) is 76.1 Å². The molecule has 0 saturated carbocycles. The molecule has 1 fully saturated rings. The SMILES string of the molecule is CCOCOC(=O)c1c(N2CCN(C(=O)c3ccco3)CC2)c2cc(Cl)ccc2n(Cc2ccccc2)c1=O. The zero-order chi connectivity index (χ0) is 27.4. The van der Waals surface area contributed by atoms with Gasteiger partial charge in [0.05, 0.1) is 24.0 Å². The van der Waals surface area contributed by atoms with Gasteiger partial charge in [0.1, 0.15) is 5.56 Å². The van der Waals surface area contributed by atoms with Gasteiger partial charge < -0.3 is 28.3 Å². The van der Waals surface area contributed by atoms with Crippen LogP contribution in [-0.4, -0.2) is 60.9 Å². The number of halogens is 1. The Labute approximate surface area is 230 Å². The number of esters is 1. The maximum Gasteiger partial charge on any atom is 0.348 e. The second-order valence-corrected chi connectivity index (χ2v) is 9.50. The van der Waals surface area contributed by atoms with E-state index in [1.54, 1.807) is 46.7 Å². The lowest BCUT2D eigenvalue weighted by atomic mass is 10.0. The molecule has 2 aromatic heterocycles. The van der Waals surface area contributed by atoms with Crippen molar-refractivity contribution >= 4 is 40.1 Å². The second kappa shape index (κ2) is 11.8. The number of amides is 1. The van der Waals surface area contributed by atoms with Crippen molar-refractivity contribution in [1.82, 2.24) is 9.47 Å². The van der Waals surface area contributed by atoms with Gasteiger partial charge in [0.15, 0.2) is 12.6 Å². The molecule has 0 N–H and O–H groups in total. The van der Waals surface area contributed by atoms with Crippen LogP contribution in [0, 0.1) is 0 Å². The standard InChI is InChI=1S/C29H28ClN3O6/c1-2-37-19-39-29(36)25-26(31-12-14-32(15-13-31)27(34)24-9-6-16-38-24)22-17-21(30)10-11-23(22)33(28(25)35)18-20-7-4-3-5-8-20/h3-11,16-17H,2,12-15,18-19H2,1H3. The molecule has 5 rings (SSSR count). The van der Waals surface area contributed by atoms with E-state index in [2.05, 4.69) is 0 Å². The minimum absolute atomic E-state index is 0.0915. The summed E-state index contributed by atoms with van der Waals surface area (Å²) >= 11 is 6.43. The average molecular weight is 550 g/mol. The van der Waals surface area contributed by atoms with Crippen LogP contribution < -0.4 is 10.5 Å². The molecule has 0 aliphatic carbocycles. The lowest BCUT2D eigenvalue weighted by molar-refractivity contribution is -0.0275. The molecule has 1 aliphatic rings. The van der Waals surface area contributed by atoms with E-state index in [9.17, 15) is 14.4 Å². The number of carbonyl (C=O) groups excluding carboxylic acids is 2. The molecule has 1 saturated heterocycles. The third-order valence-electron chi connectivity index (χ3n) is 6.68. The summed E-state index contributed by atoms with van der Waals surface area (Å²) in [7, 11) is 0. The highest BCUT2D eigenvalue weighted by molar-refractivity contribution is 6.31. The summed E-state index contributed by atoms with van der Waals surface area (Å²) in [4.78, 5) is 43.9. The molecule has 202 valence electrons. The molecule has 9 nitrogen and oxygen atoms in total. The molecule has 0 spiro atoms. The van der Waals surface area contributed by atoms with E-state index in [0.29, 0.717) is 54.4 Å². The van der Waals surface area contributed by atoms with Crippen molar-refractivity contribution in [2.75, 3.05) is 44.5 Å². The van der Waals surface area contributed by atoms with Gasteiger partial charge in [0, 0.05) is 43.2 Å². The first-order valence-corrected chi connectivity index (χ1v) is 13.1. The van der Waals surface area contributed by atoms with E-state index in [1.807, 2.05) is 35.2 Å². The van der Waals surface area contributed by atoms with Gasteiger partial charge in [0.25, 0.3) is 11.5 Å². The average Bonchev–Trinajstić information content (AvgIpc) is 3.50. The molecular weight excluding hydrogens is 522 g/mol. The molecule has 0 atom stereocenters. The fourth-order valence-electron chi connectivity index (χ4n) is 4.79. The van der Waals surface area contributed by atoms with Crippen LogP contribution in [0.25, 0.3) is 10.9 Å². The third kappa shape index (κ3) is 5.55. The zero-order valence-corrected chi connectivity index (χ0v) is 22.2. The molecule has 39 heavy (non-hydrogen) atoms. The minimum atomic E-state index is -0.777. The highest BCUT2D eigenvalue weighted by Gasteiger charge is 2.31. The second-order valence-electron chi connectivity index (χ2n) is 9.06. The highest BCUT2D eigenvalue weighted by atomic mass is 35.5. The number of ether oxygens (including phenoxy) is 2. The van der Waals surface area contributed by atoms with Crippen molar-refractivity contribution in [2.45, 2.75) is 13.5 Å². The maximum atomic E-state index is 14.0. The first kappa shape index (κ1) is 26.5. The number of hydrogen-bond acceptors (Lipinski definition) is 7. The maximum absolute atomic E-state index is 14.0. The highest BCUT2D eigenvalue weighted by Crippen LogP contribution is 2.33. The van der Waals surface area contributed by atoms with Gasteiger partial charge in [-0.15, -0.1) is 0 Å². The van der Waals surface area contributed by atoms with Crippen molar-refractivity contribution in [3.8, 4) is 0 Å². The van der Waals surface area contributed by atoms with Crippen LogP contribution in [0.5, 0.6) is 0 Å². The van der Waals surface area contributed by atoms with Crippen LogP contribution in [0.3, 0.4) is 0 Å². The molecular formula is C29H28ClN3O6. The van der Waals surface area contributed by atoms with Crippen molar-refractivity contribution < 1.29 is 23.5 Å². The largest absolute Gasteiger partial charge is 0.459 e. The number of pyridine rings is 1. The lowest BCUT2D eigenvalue weighted by Gasteiger charge is -2.37. The lowest BCUT2D eigenvalue weighted by Crippen LogP contribution is -2.49. The fraction of sp³-hybridized carbons (Fsp3) is 0.276. The van der Waals surface area contributed by atoms with Crippen LogP contribution >= 0.6 is 11.6 Å². The fourth-order valence-corrected chi connectivity index (χ4v) is 4.96. The van der Waals surface area contributed by atoms with Crippen molar-refractivity contribution in [1.29, 1.82) is 0 Å². The van der Waals surface area contributed by atoms with E-state index < -0.39 is 11.5 Å². The molecule has 2 aromatic carbocycles. The quantitative estimate of drug-likeness (QED) is 0.182. The summed E-state index contributed by atoms with van der Waals surface area (Å²) in [5, 5.41) is 1.11. The Kier molecular flexibility index (Phi) is 7.99. The van der Waals surface area contributed by atoms with Gasteiger partial charge >= 0.3 is 5.97 Å². The number of aromatic nitrogens is 1. The Morgan fingerprint density at radius 3 is 2.46 bits per heavy atom. The number of carbonyl (C=O) groups is 2. The Morgan fingerprint density at radius 1 is 1.00 bits per heavy atom. The number of piperazine rings is 1. The van der Waals surface area contributed by atoms with Gasteiger partial charge in [-0.1, -0.05) is 41.9 Å². The summed E-state index contributed by atoms with van der Waals surface area (Å²) in [6, 6.07) is 18.1. The van der Waals surface area contributed by atoms with Crippen LogP contribution in [-0.2, 0) is 16.0 Å². The van der Waals surface area contributed by atoms with Crippen LogP contribution in [0.1, 0.15) is 33.4 Å². The van der Waals surface area contributed by atoms with Crippen LogP contribution in [0.4, 0.5) is 5.69 Å². The topological polar surface area (TPSA) is 94.2 Å². The molecule has 10 heteroatoms. The molecule has 0 radical (unpaired) electrons. The van der Waals surface area contributed by atoms with Gasteiger partial charge in [0.2, 0.25) is 0 Å². The van der Waals surface area contributed by atoms with Gasteiger partial charge in [-0.25, -0.2) is 4.79 Å². The van der Waals surface area contributed by atoms with Crippen LogP contribution in [0.2, 0.25) is 5.02 Å². The first-order valence-electron chi connectivity index (χ1n) is 12.7. The van der Waals surface area contributed by atoms with Crippen molar-refractivity contribution in [3.63, 3.8) is 0 Å². The summed E-state index contributed by atoms with van der Waals surface area (Å²) in [5.74, 6) is -0.715. The number of benzene rings is 2. The Hall–Kier alpha value is -4.08. The van der Waals surface area contributed by atoms with Crippen molar-refractivity contribution in [3.05, 3.63) is 99.2 Å². The van der Waals surface area contributed by atoms with Crippen molar-refractivity contribution in [2.24, 2.45) is 0 Å². The van der Waals surface area contributed by atoms with Gasteiger partial charge in [-0.05, 0) is 42.8 Å². The number of anilines is 1. The normalized spacial score (nSPS) is 13.6. The molecule has 0 bridgehead atoms. The summed E-state index contributed by atoms with van der Waals surface area (Å²) in [6.45, 7) is 3.67. The van der Waals surface area contributed by atoms with E-state index in [4.69, 9.17) is 25.5 Å². The number of furan rings is 1. The number of fused-ring (bicyclic) bond motifs is 1. The Morgan fingerprint density at radius 2 is 1.77 bits per heavy atom. The Balaban J connectivity index is 1.59. The monoisotopic (exact) mass is 549 g/mol. The molecule has 1 aliphatic heterocycles. The minimum Gasteiger partial charge on any atom is -0.459 e.